The van der Waals surface area contributed by atoms with Crippen molar-refractivity contribution in [1.82, 2.24) is 15.0 Å². The lowest BCUT2D eigenvalue weighted by Gasteiger charge is -2.02. The minimum atomic E-state index is -1.32. The van der Waals surface area contributed by atoms with Crippen molar-refractivity contribution < 1.29 is 29.7 Å². The fourth-order valence-electron chi connectivity index (χ4n) is 1.82. The van der Waals surface area contributed by atoms with Crippen LogP contribution in [0.3, 0.4) is 0 Å². The van der Waals surface area contributed by atoms with Gasteiger partial charge in [0.15, 0.2) is 5.69 Å². The Morgan fingerprint density at radius 2 is 1.67 bits per heavy atom. The van der Waals surface area contributed by atoms with Crippen LogP contribution < -0.4 is 0 Å². The van der Waals surface area contributed by atoms with E-state index in [4.69, 9.17) is 10.2 Å². The highest BCUT2D eigenvalue weighted by atomic mass is 32.1. The first-order valence-corrected chi connectivity index (χ1v) is 6.33. The molecule has 0 radical (unpaired) electrons. The van der Waals surface area contributed by atoms with Gasteiger partial charge in [-0.05, 0) is 19.4 Å². The van der Waals surface area contributed by atoms with E-state index in [0.717, 1.165) is 4.68 Å². The molecule has 2 heterocycles. The smallest absolute Gasteiger partial charge is 0.358 e. The van der Waals surface area contributed by atoms with Gasteiger partial charge in [-0.2, -0.15) is 0 Å². The van der Waals surface area contributed by atoms with E-state index < -0.39 is 17.9 Å². The normalized spacial score (nSPS) is 10.6. The van der Waals surface area contributed by atoms with Gasteiger partial charge in [-0.15, -0.1) is 16.4 Å². The topological polar surface area (TPSA) is 143 Å². The van der Waals surface area contributed by atoms with Crippen LogP contribution in [-0.4, -0.2) is 48.2 Å². The highest BCUT2D eigenvalue weighted by Crippen LogP contribution is 2.32. The van der Waals surface area contributed by atoms with E-state index in [1.54, 1.807) is 0 Å². The van der Waals surface area contributed by atoms with E-state index in [0.29, 0.717) is 11.3 Å². The van der Waals surface area contributed by atoms with E-state index in [9.17, 15) is 19.5 Å². The summed E-state index contributed by atoms with van der Waals surface area (Å²) in [7, 11) is 0. The quantitative estimate of drug-likeness (QED) is 0.760. The number of thiophene rings is 1. The van der Waals surface area contributed by atoms with Gasteiger partial charge in [0, 0.05) is 0 Å². The highest BCUT2D eigenvalue weighted by molar-refractivity contribution is 7.17. The molecule has 10 heteroatoms. The molecule has 0 aliphatic rings. The maximum Gasteiger partial charge on any atom is 0.358 e. The average Bonchev–Trinajstić information content (AvgIpc) is 2.89. The zero-order valence-corrected chi connectivity index (χ0v) is 11.6. The number of carboxylic acid groups (broad SMARTS) is 3. The lowest BCUT2D eigenvalue weighted by Crippen LogP contribution is -2.07. The van der Waals surface area contributed by atoms with E-state index >= 15 is 0 Å². The molecule has 3 N–H and O–H groups in total. The molecule has 0 aromatic carbocycles. The van der Waals surface area contributed by atoms with Gasteiger partial charge in [-0.25, -0.2) is 19.1 Å². The van der Waals surface area contributed by atoms with Crippen LogP contribution in [0.2, 0.25) is 0 Å². The summed E-state index contributed by atoms with van der Waals surface area (Å²) < 4.78 is 1.02. The van der Waals surface area contributed by atoms with Gasteiger partial charge < -0.3 is 15.3 Å². The maximum absolute atomic E-state index is 11.3. The molecule has 2 aromatic heterocycles. The van der Waals surface area contributed by atoms with Gasteiger partial charge >= 0.3 is 17.9 Å². The van der Waals surface area contributed by atoms with Crippen LogP contribution in [0.5, 0.6) is 0 Å². The fraction of sp³-hybridized carbons (Fsp3) is 0.182. The van der Waals surface area contributed by atoms with Crippen molar-refractivity contribution in [2.24, 2.45) is 0 Å². The maximum atomic E-state index is 11.3. The SMILES string of the molecule is Cc1c(C(=O)O)sc(-n2nnc(C(=O)O)c2C)c1C(=O)O. The second-order valence-corrected chi connectivity index (χ2v) is 5.09. The summed E-state index contributed by atoms with van der Waals surface area (Å²) in [5.41, 5.74) is -0.360. The number of carboxylic acids is 3. The van der Waals surface area contributed by atoms with Crippen LogP contribution in [0, 0.1) is 13.8 Å². The van der Waals surface area contributed by atoms with Crippen LogP contribution >= 0.6 is 11.3 Å². The molecule has 110 valence electrons. The van der Waals surface area contributed by atoms with E-state index in [2.05, 4.69) is 10.3 Å². The first-order chi connectivity index (χ1) is 9.75. The Bertz CT molecular complexity index is 775. The molecule has 0 amide bonds. The molecule has 0 unspecified atom stereocenters. The Balaban J connectivity index is 2.75. The lowest BCUT2D eigenvalue weighted by atomic mass is 10.1. The van der Waals surface area contributed by atoms with Crippen molar-refractivity contribution in [2.45, 2.75) is 13.8 Å². The Morgan fingerprint density at radius 3 is 2.10 bits per heavy atom. The number of aromatic nitrogens is 3. The summed E-state index contributed by atoms with van der Waals surface area (Å²) in [6, 6.07) is 0. The van der Waals surface area contributed by atoms with Crippen LogP contribution in [0.15, 0.2) is 0 Å². The molecular formula is C11H9N3O6S. The summed E-state index contributed by atoms with van der Waals surface area (Å²) >= 11 is 0.702. The predicted molar refractivity (Wildman–Crippen MR) is 69.6 cm³/mol. The highest BCUT2D eigenvalue weighted by Gasteiger charge is 2.28. The van der Waals surface area contributed by atoms with Crippen molar-refractivity contribution in [2.75, 3.05) is 0 Å². The van der Waals surface area contributed by atoms with E-state index in [1.165, 1.54) is 13.8 Å². The molecule has 0 bridgehead atoms. The largest absolute Gasteiger partial charge is 0.478 e. The van der Waals surface area contributed by atoms with Gasteiger partial charge in [-0.3, -0.25) is 0 Å². The second kappa shape index (κ2) is 4.98. The van der Waals surface area contributed by atoms with Crippen LogP contribution in [0.4, 0.5) is 0 Å². The van der Waals surface area contributed by atoms with Gasteiger partial charge in [0.1, 0.15) is 15.4 Å². The summed E-state index contributed by atoms with van der Waals surface area (Å²) in [6.07, 6.45) is 0. The lowest BCUT2D eigenvalue weighted by molar-refractivity contribution is 0.0679. The fourth-order valence-corrected chi connectivity index (χ4v) is 2.96. The molecule has 2 rings (SSSR count). The number of hydrogen-bond donors (Lipinski definition) is 3. The van der Waals surface area contributed by atoms with Crippen molar-refractivity contribution in [3.8, 4) is 5.00 Å². The number of rotatable bonds is 4. The minimum absolute atomic E-state index is 0.00917. The molecule has 0 atom stereocenters. The first kappa shape index (κ1) is 14.7. The van der Waals surface area contributed by atoms with Crippen molar-refractivity contribution >= 4 is 29.2 Å². The molecule has 0 aliphatic heterocycles. The van der Waals surface area contributed by atoms with Crippen molar-refractivity contribution in [3.05, 3.63) is 27.4 Å². The first-order valence-electron chi connectivity index (χ1n) is 5.51. The molecular weight excluding hydrogens is 302 g/mol. The monoisotopic (exact) mass is 311 g/mol. The van der Waals surface area contributed by atoms with Crippen LogP contribution in [0.25, 0.3) is 5.00 Å². The van der Waals surface area contributed by atoms with Crippen molar-refractivity contribution in [3.63, 3.8) is 0 Å². The Hall–Kier alpha value is -2.75. The number of nitrogens with zero attached hydrogens (tertiary/aromatic N) is 3. The summed E-state index contributed by atoms with van der Waals surface area (Å²) in [4.78, 5) is 33.3. The Labute approximate surface area is 121 Å². The van der Waals surface area contributed by atoms with E-state index in [-0.39, 0.29) is 32.4 Å². The van der Waals surface area contributed by atoms with Gasteiger partial charge in [-0.1, -0.05) is 5.21 Å². The molecule has 2 aromatic rings. The zero-order valence-electron chi connectivity index (χ0n) is 10.8. The molecule has 21 heavy (non-hydrogen) atoms. The average molecular weight is 311 g/mol. The molecule has 9 nitrogen and oxygen atoms in total. The third-order valence-electron chi connectivity index (χ3n) is 2.83. The molecule has 0 spiro atoms. The Morgan fingerprint density at radius 1 is 1.05 bits per heavy atom. The van der Waals surface area contributed by atoms with Gasteiger partial charge in [0.25, 0.3) is 0 Å². The third kappa shape index (κ3) is 2.25. The number of hydrogen-bond acceptors (Lipinski definition) is 6. The molecule has 0 aliphatic carbocycles. The second-order valence-electron chi connectivity index (χ2n) is 4.09. The Kier molecular flexibility index (Phi) is 3.47. The van der Waals surface area contributed by atoms with Gasteiger partial charge in [0.05, 0.1) is 5.69 Å². The molecule has 0 fully saturated rings. The number of aromatic carboxylic acids is 3. The summed E-state index contributed by atoms with van der Waals surface area (Å²) in [5, 5.41) is 34.3. The summed E-state index contributed by atoms with van der Waals surface area (Å²) in [6.45, 7) is 2.78. The number of carbonyl (C=O) groups is 3. The summed E-state index contributed by atoms with van der Waals surface area (Å²) in [5.74, 6) is -3.89. The predicted octanol–water partition coefficient (Wildman–Crippen LogP) is 1.04. The standard InChI is InChI=1S/C11H9N3O6S/c1-3-5(9(15)16)8(21-7(3)11(19)20)14-4(2)6(10(17)18)12-13-14/h1-2H3,(H,15,16)(H,17,18)(H,19,20). The van der Waals surface area contributed by atoms with E-state index in [1.807, 2.05) is 0 Å². The van der Waals surface area contributed by atoms with Crippen LogP contribution in [0.1, 0.15) is 41.8 Å². The molecule has 0 saturated carbocycles. The minimum Gasteiger partial charge on any atom is -0.478 e. The third-order valence-corrected chi connectivity index (χ3v) is 4.08. The van der Waals surface area contributed by atoms with Crippen molar-refractivity contribution in [1.29, 1.82) is 0 Å². The molecule has 0 saturated heterocycles. The van der Waals surface area contributed by atoms with Crippen LogP contribution in [-0.2, 0) is 0 Å². The van der Waals surface area contributed by atoms with Gasteiger partial charge in [0.2, 0.25) is 0 Å². The zero-order chi connectivity index (χ0) is 15.9.